The number of nitrogens with two attached hydrogens (primary N) is 1. The largest absolute Gasteiger partial charge is 0.492 e. The van der Waals surface area contributed by atoms with Crippen molar-refractivity contribution < 1.29 is 23.8 Å². The lowest BCUT2D eigenvalue weighted by Crippen LogP contribution is -2.30. The van der Waals surface area contributed by atoms with Crippen LogP contribution in [0.15, 0.2) is 24.3 Å². The van der Waals surface area contributed by atoms with E-state index in [0.29, 0.717) is 18.9 Å². The van der Waals surface area contributed by atoms with Gasteiger partial charge in [-0.05, 0) is 38.0 Å². The topological polar surface area (TPSA) is 87.9 Å². The molecule has 0 spiro atoms. The van der Waals surface area contributed by atoms with Gasteiger partial charge in [-0.15, -0.1) is 0 Å². The molecule has 0 atom stereocenters. The third-order valence-electron chi connectivity index (χ3n) is 2.89. The summed E-state index contributed by atoms with van der Waals surface area (Å²) in [5.74, 6) is -1.39. The zero-order valence-electron chi connectivity index (χ0n) is 13.0. The van der Waals surface area contributed by atoms with Crippen LogP contribution < -0.4 is 10.5 Å². The Labute approximate surface area is 130 Å². The average Bonchev–Trinajstić information content (AvgIpc) is 2.52. The fraction of sp³-hybridized carbons (Fsp3) is 0.500. The molecular weight excluding hydrogens is 286 g/mol. The quantitative estimate of drug-likeness (QED) is 0.546. The van der Waals surface area contributed by atoms with Gasteiger partial charge in [-0.2, -0.15) is 0 Å². The molecule has 0 bridgehead atoms. The number of hydrogen-bond donors (Lipinski definition) is 1. The van der Waals surface area contributed by atoms with Crippen LogP contribution >= 0.6 is 0 Å². The van der Waals surface area contributed by atoms with Crippen molar-refractivity contribution in [1.29, 1.82) is 0 Å². The summed E-state index contributed by atoms with van der Waals surface area (Å²) in [7, 11) is 0. The van der Waals surface area contributed by atoms with Crippen LogP contribution in [0.5, 0.6) is 5.75 Å². The van der Waals surface area contributed by atoms with E-state index in [2.05, 4.69) is 0 Å². The average molecular weight is 309 g/mol. The molecule has 0 aliphatic rings. The van der Waals surface area contributed by atoms with Crippen LogP contribution in [0.2, 0.25) is 0 Å². The van der Waals surface area contributed by atoms with Gasteiger partial charge in [-0.1, -0.05) is 12.1 Å². The summed E-state index contributed by atoms with van der Waals surface area (Å²) in [5.41, 5.74) is 6.19. The number of ether oxygens (including phenoxy) is 3. The maximum atomic E-state index is 11.9. The molecule has 0 fully saturated rings. The zero-order valence-corrected chi connectivity index (χ0v) is 13.0. The lowest BCUT2D eigenvalue weighted by Gasteiger charge is -2.14. The zero-order chi connectivity index (χ0) is 16.4. The molecule has 122 valence electrons. The Morgan fingerprint density at radius 3 is 2.05 bits per heavy atom. The van der Waals surface area contributed by atoms with E-state index in [1.807, 2.05) is 0 Å². The Balaban J connectivity index is 2.75. The summed E-state index contributed by atoms with van der Waals surface area (Å²) >= 11 is 0. The van der Waals surface area contributed by atoms with E-state index < -0.39 is 17.9 Å². The second-order valence-corrected chi connectivity index (χ2v) is 4.54. The highest BCUT2D eigenvalue weighted by Crippen LogP contribution is 2.17. The first-order chi connectivity index (χ1) is 10.6. The molecule has 6 nitrogen and oxygen atoms in total. The number of benzene rings is 1. The van der Waals surface area contributed by atoms with Gasteiger partial charge in [0.2, 0.25) is 0 Å². The van der Waals surface area contributed by atoms with Crippen LogP contribution in [-0.2, 0) is 25.5 Å². The third kappa shape index (κ3) is 5.73. The number of esters is 2. The fourth-order valence-electron chi connectivity index (χ4n) is 1.88. The molecule has 0 aliphatic carbocycles. The van der Waals surface area contributed by atoms with E-state index in [0.717, 1.165) is 5.56 Å². The lowest BCUT2D eigenvalue weighted by molar-refractivity contribution is -0.161. The van der Waals surface area contributed by atoms with Crippen molar-refractivity contribution in [3.05, 3.63) is 29.8 Å². The van der Waals surface area contributed by atoms with E-state index in [1.165, 1.54) is 0 Å². The van der Waals surface area contributed by atoms with Crippen LogP contribution in [0.1, 0.15) is 19.4 Å². The van der Waals surface area contributed by atoms with Gasteiger partial charge in [0.05, 0.1) is 13.2 Å². The number of hydrogen-bond acceptors (Lipinski definition) is 6. The van der Waals surface area contributed by atoms with Gasteiger partial charge in [-0.25, -0.2) is 0 Å². The highest BCUT2D eigenvalue weighted by molar-refractivity contribution is 5.95. The molecule has 0 saturated carbocycles. The van der Waals surface area contributed by atoms with E-state index in [-0.39, 0.29) is 19.6 Å². The minimum atomic E-state index is -0.948. The molecule has 6 heteroatoms. The Kier molecular flexibility index (Phi) is 7.99. The molecule has 0 amide bonds. The van der Waals surface area contributed by atoms with E-state index >= 15 is 0 Å². The third-order valence-corrected chi connectivity index (χ3v) is 2.89. The second kappa shape index (κ2) is 9.78. The number of carbonyl (C=O) groups is 2. The first-order valence-corrected chi connectivity index (χ1v) is 7.37. The van der Waals surface area contributed by atoms with Gasteiger partial charge in [-0.3, -0.25) is 9.59 Å². The van der Waals surface area contributed by atoms with Crippen molar-refractivity contribution in [3.63, 3.8) is 0 Å². The van der Waals surface area contributed by atoms with Crippen molar-refractivity contribution >= 4 is 11.9 Å². The van der Waals surface area contributed by atoms with Gasteiger partial charge in [0.25, 0.3) is 0 Å². The van der Waals surface area contributed by atoms with Gasteiger partial charge in [0.15, 0.2) is 5.92 Å². The van der Waals surface area contributed by atoms with E-state index in [4.69, 9.17) is 19.9 Å². The van der Waals surface area contributed by atoms with Crippen LogP contribution in [-0.4, -0.2) is 38.3 Å². The monoisotopic (exact) mass is 309 g/mol. The van der Waals surface area contributed by atoms with E-state index in [1.54, 1.807) is 38.1 Å². The van der Waals surface area contributed by atoms with Gasteiger partial charge in [0, 0.05) is 6.54 Å². The van der Waals surface area contributed by atoms with Crippen LogP contribution in [0.25, 0.3) is 0 Å². The molecule has 0 aromatic heterocycles. The molecule has 0 aliphatic heterocycles. The normalized spacial score (nSPS) is 10.4. The van der Waals surface area contributed by atoms with Crippen molar-refractivity contribution in [1.82, 2.24) is 0 Å². The SMILES string of the molecule is CCOC(=O)C(Cc1ccc(OCCN)cc1)C(=O)OCC. The summed E-state index contributed by atoms with van der Waals surface area (Å²) in [6, 6.07) is 7.16. The minimum Gasteiger partial charge on any atom is -0.492 e. The maximum absolute atomic E-state index is 11.9. The Bertz CT molecular complexity index is 454. The lowest BCUT2D eigenvalue weighted by atomic mass is 9.99. The van der Waals surface area contributed by atoms with Crippen molar-refractivity contribution in [2.45, 2.75) is 20.3 Å². The Hall–Kier alpha value is -2.08. The molecule has 22 heavy (non-hydrogen) atoms. The molecular formula is C16H23NO5. The molecule has 1 aromatic carbocycles. The molecule has 0 radical (unpaired) electrons. The fourth-order valence-corrected chi connectivity index (χ4v) is 1.88. The maximum Gasteiger partial charge on any atom is 0.320 e. The molecule has 1 rings (SSSR count). The summed E-state index contributed by atoms with van der Waals surface area (Å²) < 4.78 is 15.3. The first-order valence-electron chi connectivity index (χ1n) is 7.37. The Morgan fingerprint density at radius 1 is 1.05 bits per heavy atom. The van der Waals surface area contributed by atoms with Crippen molar-refractivity contribution in [2.24, 2.45) is 11.7 Å². The Morgan fingerprint density at radius 2 is 1.59 bits per heavy atom. The molecule has 2 N–H and O–H groups in total. The van der Waals surface area contributed by atoms with E-state index in [9.17, 15) is 9.59 Å². The second-order valence-electron chi connectivity index (χ2n) is 4.54. The summed E-state index contributed by atoms with van der Waals surface area (Å²) in [4.78, 5) is 23.8. The van der Waals surface area contributed by atoms with Crippen LogP contribution in [0.4, 0.5) is 0 Å². The molecule has 0 heterocycles. The number of carbonyl (C=O) groups excluding carboxylic acids is 2. The van der Waals surface area contributed by atoms with Gasteiger partial charge >= 0.3 is 11.9 Å². The van der Waals surface area contributed by atoms with Crippen LogP contribution in [0.3, 0.4) is 0 Å². The first kappa shape index (κ1) is 18.0. The summed E-state index contributed by atoms with van der Waals surface area (Å²) in [6.07, 6.45) is 0.231. The summed E-state index contributed by atoms with van der Waals surface area (Å²) in [5, 5.41) is 0. The molecule has 0 unspecified atom stereocenters. The van der Waals surface area contributed by atoms with Crippen molar-refractivity contribution in [2.75, 3.05) is 26.4 Å². The predicted octanol–water partition coefficient (Wildman–Crippen LogP) is 1.31. The van der Waals surface area contributed by atoms with Gasteiger partial charge < -0.3 is 19.9 Å². The van der Waals surface area contributed by atoms with Crippen molar-refractivity contribution in [3.8, 4) is 5.75 Å². The highest BCUT2D eigenvalue weighted by Gasteiger charge is 2.29. The minimum absolute atomic E-state index is 0.223. The number of rotatable bonds is 9. The molecule has 1 aromatic rings. The van der Waals surface area contributed by atoms with Crippen LogP contribution in [0, 0.1) is 5.92 Å². The standard InChI is InChI=1S/C16H23NO5/c1-3-20-15(18)14(16(19)21-4-2)11-12-5-7-13(8-6-12)22-10-9-17/h5-8,14H,3-4,9-11,17H2,1-2H3. The molecule has 0 saturated heterocycles. The van der Waals surface area contributed by atoms with Gasteiger partial charge in [0.1, 0.15) is 12.4 Å². The predicted molar refractivity (Wildman–Crippen MR) is 81.5 cm³/mol. The summed E-state index contributed by atoms with van der Waals surface area (Å²) in [6.45, 7) is 4.72. The smallest absolute Gasteiger partial charge is 0.320 e. The highest BCUT2D eigenvalue weighted by atomic mass is 16.6.